The molecule has 2 saturated carbocycles. The predicted molar refractivity (Wildman–Crippen MR) is 113 cm³/mol. The summed E-state index contributed by atoms with van der Waals surface area (Å²) in [5.74, 6) is 1.50. The van der Waals surface area contributed by atoms with E-state index in [1.807, 2.05) is 29.2 Å². The molecule has 1 aromatic rings. The number of hydrogen-bond donors (Lipinski definition) is 1. The van der Waals surface area contributed by atoms with Crippen molar-refractivity contribution in [3.63, 3.8) is 0 Å². The first-order valence-corrected chi connectivity index (χ1v) is 11.4. The monoisotopic (exact) mass is 398 g/mol. The summed E-state index contributed by atoms with van der Waals surface area (Å²) in [7, 11) is 1.59. The normalized spacial score (nSPS) is 31.8. The highest BCUT2D eigenvalue weighted by atomic mass is 16.5. The molecule has 0 aromatic heterocycles. The summed E-state index contributed by atoms with van der Waals surface area (Å²) in [4.78, 5) is 28.9. The molecule has 3 aliphatic rings. The molecular formula is C24H34N2O3. The van der Waals surface area contributed by atoms with E-state index in [9.17, 15) is 9.59 Å². The number of carbonyl (C=O) groups excluding carboxylic acids is 2. The quantitative estimate of drug-likeness (QED) is 0.828. The van der Waals surface area contributed by atoms with Gasteiger partial charge in [0.25, 0.3) is 5.91 Å². The molecule has 1 aliphatic heterocycles. The van der Waals surface area contributed by atoms with Crippen LogP contribution < -0.4 is 10.1 Å². The van der Waals surface area contributed by atoms with E-state index in [0.717, 1.165) is 32.1 Å². The molecule has 5 atom stereocenters. The summed E-state index contributed by atoms with van der Waals surface area (Å²) < 4.78 is 5.45. The van der Waals surface area contributed by atoms with Crippen LogP contribution in [0.15, 0.2) is 24.3 Å². The molecule has 1 saturated heterocycles. The summed E-state index contributed by atoms with van der Waals surface area (Å²) in [6, 6.07) is 7.41. The van der Waals surface area contributed by atoms with Crippen molar-refractivity contribution in [2.75, 3.05) is 7.11 Å². The van der Waals surface area contributed by atoms with Crippen molar-refractivity contribution in [1.82, 2.24) is 10.2 Å². The number of fused-ring (bicyclic) bond motifs is 1. The van der Waals surface area contributed by atoms with Crippen molar-refractivity contribution in [3.05, 3.63) is 29.8 Å². The number of likely N-dealkylation sites (tertiary alicyclic amines) is 1. The van der Waals surface area contributed by atoms with Gasteiger partial charge in [-0.3, -0.25) is 9.59 Å². The van der Waals surface area contributed by atoms with Gasteiger partial charge in [0.1, 0.15) is 11.8 Å². The zero-order chi connectivity index (χ0) is 20.4. The molecule has 0 unspecified atom stereocenters. The molecule has 158 valence electrons. The van der Waals surface area contributed by atoms with Crippen molar-refractivity contribution in [2.24, 2.45) is 11.8 Å². The maximum Gasteiger partial charge on any atom is 0.258 e. The lowest BCUT2D eigenvalue weighted by molar-refractivity contribution is -0.126. The third-order valence-electron chi connectivity index (χ3n) is 7.40. The van der Waals surface area contributed by atoms with E-state index in [-0.39, 0.29) is 29.9 Å². The maximum absolute atomic E-state index is 13.6. The van der Waals surface area contributed by atoms with Crippen molar-refractivity contribution in [3.8, 4) is 5.75 Å². The first-order chi connectivity index (χ1) is 14.1. The van der Waals surface area contributed by atoms with Crippen LogP contribution in [-0.4, -0.2) is 41.9 Å². The second-order valence-electron chi connectivity index (χ2n) is 9.15. The number of nitrogens with one attached hydrogen (secondary N) is 1. The molecule has 0 spiro atoms. The van der Waals surface area contributed by atoms with Crippen LogP contribution in [0.25, 0.3) is 0 Å². The Balaban J connectivity index is 1.59. The van der Waals surface area contributed by atoms with Gasteiger partial charge in [0.2, 0.25) is 5.91 Å². The van der Waals surface area contributed by atoms with Gasteiger partial charge in [-0.25, -0.2) is 0 Å². The predicted octanol–water partition coefficient (Wildman–Crippen LogP) is 4.16. The lowest BCUT2D eigenvalue weighted by Gasteiger charge is -2.35. The van der Waals surface area contributed by atoms with Crippen LogP contribution >= 0.6 is 0 Å². The average Bonchev–Trinajstić information content (AvgIpc) is 3.14. The fourth-order valence-corrected chi connectivity index (χ4v) is 5.76. The van der Waals surface area contributed by atoms with Gasteiger partial charge < -0.3 is 15.0 Å². The number of methoxy groups -OCH3 is 1. The smallest absolute Gasteiger partial charge is 0.258 e. The number of amides is 2. The fourth-order valence-electron chi connectivity index (χ4n) is 5.76. The van der Waals surface area contributed by atoms with Gasteiger partial charge >= 0.3 is 0 Å². The minimum atomic E-state index is -0.366. The van der Waals surface area contributed by atoms with Gasteiger partial charge in [-0.05, 0) is 56.1 Å². The van der Waals surface area contributed by atoms with E-state index < -0.39 is 0 Å². The first-order valence-electron chi connectivity index (χ1n) is 11.4. The Morgan fingerprint density at radius 3 is 2.55 bits per heavy atom. The fraction of sp³-hybridized carbons (Fsp3) is 0.667. The Labute approximate surface area is 174 Å². The number of carbonyl (C=O) groups is 2. The van der Waals surface area contributed by atoms with Gasteiger partial charge in [-0.2, -0.15) is 0 Å². The molecule has 2 amide bonds. The van der Waals surface area contributed by atoms with E-state index >= 15 is 0 Å². The highest BCUT2D eigenvalue weighted by Gasteiger charge is 2.48. The molecular weight excluding hydrogens is 364 g/mol. The molecule has 1 aromatic carbocycles. The Morgan fingerprint density at radius 1 is 1.03 bits per heavy atom. The van der Waals surface area contributed by atoms with Gasteiger partial charge in [0.15, 0.2) is 0 Å². The molecule has 4 rings (SSSR count). The van der Waals surface area contributed by atoms with Crippen LogP contribution in [0.4, 0.5) is 0 Å². The third-order valence-corrected chi connectivity index (χ3v) is 7.40. The second kappa shape index (κ2) is 8.76. The van der Waals surface area contributed by atoms with Gasteiger partial charge in [-0.1, -0.05) is 44.7 Å². The summed E-state index contributed by atoms with van der Waals surface area (Å²) >= 11 is 0. The third kappa shape index (κ3) is 4.01. The van der Waals surface area contributed by atoms with Gasteiger partial charge in [0.05, 0.1) is 12.7 Å². The summed E-state index contributed by atoms with van der Waals surface area (Å²) in [6.45, 7) is 2.23. The van der Waals surface area contributed by atoms with Crippen LogP contribution in [0.5, 0.6) is 5.75 Å². The van der Waals surface area contributed by atoms with Crippen molar-refractivity contribution in [1.29, 1.82) is 0 Å². The highest BCUT2D eigenvalue weighted by molar-refractivity contribution is 6.00. The Morgan fingerprint density at radius 2 is 1.76 bits per heavy atom. The van der Waals surface area contributed by atoms with Crippen molar-refractivity contribution >= 4 is 11.8 Å². The zero-order valence-electron chi connectivity index (χ0n) is 17.7. The van der Waals surface area contributed by atoms with Crippen LogP contribution in [0, 0.1) is 11.8 Å². The van der Waals surface area contributed by atoms with Crippen molar-refractivity contribution < 1.29 is 14.3 Å². The lowest BCUT2D eigenvalue weighted by Crippen LogP contribution is -2.52. The molecule has 1 heterocycles. The Kier molecular flexibility index (Phi) is 6.12. The molecule has 29 heavy (non-hydrogen) atoms. The van der Waals surface area contributed by atoms with Crippen LogP contribution in [0.3, 0.4) is 0 Å². The molecule has 0 bridgehead atoms. The van der Waals surface area contributed by atoms with Crippen LogP contribution in [0.2, 0.25) is 0 Å². The molecule has 0 radical (unpaired) electrons. The Hall–Kier alpha value is -2.04. The number of ether oxygens (including phenoxy) is 1. The number of para-hydroxylation sites is 1. The first kappa shape index (κ1) is 20.2. The highest BCUT2D eigenvalue weighted by Crippen LogP contribution is 2.41. The lowest BCUT2D eigenvalue weighted by atomic mass is 9.84. The number of nitrogens with zero attached hydrogens (tertiary/aromatic N) is 1. The average molecular weight is 399 g/mol. The molecule has 2 aliphatic carbocycles. The molecule has 5 nitrogen and oxygen atoms in total. The van der Waals surface area contributed by atoms with E-state index in [0.29, 0.717) is 23.1 Å². The maximum atomic E-state index is 13.6. The minimum absolute atomic E-state index is 0.0430. The molecule has 1 N–H and O–H groups in total. The standard InChI is InChI=1S/C24H34N2O3/c1-16-9-3-6-12-19(16)25-23(27)21-15-17-10-4-7-13-20(17)26(21)24(28)18-11-5-8-14-22(18)29-2/h5,8,11,14,16-17,19-21H,3-4,6-7,9-10,12-13,15H2,1-2H3,(H,25,27)/t16-,17-,19-,20-,21+/m0/s1. The minimum Gasteiger partial charge on any atom is -0.496 e. The second-order valence-corrected chi connectivity index (χ2v) is 9.15. The van der Waals surface area contributed by atoms with E-state index in [2.05, 4.69) is 12.2 Å². The topological polar surface area (TPSA) is 58.6 Å². The largest absolute Gasteiger partial charge is 0.496 e. The number of benzene rings is 1. The van der Waals surface area contributed by atoms with Crippen LogP contribution in [0.1, 0.15) is 75.1 Å². The SMILES string of the molecule is COc1ccccc1C(=O)N1[C@@H](C(=O)N[C@H]2CCCC[C@@H]2C)C[C@@H]2CCCC[C@@H]21. The van der Waals surface area contributed by atoms with Gasteiger partial charge in [0, 0.05) is 12.1 Å². The summed E-state index contributed by atoms with van der Waals surface area (Å²) in [6.07, 6.45) is 9.88. The zero-order valence-corrected chi connectivity index (χ0v) is 17.7. The van der Waals surface area contributed by atoms with Crippen molar-refractivity contribution in [2.45, 2.75) is 82.8 Å². The van der Waals surface area contributed by atoms with Crippen LogP contribution in [-0.2, 0) is 4.79 Å². The summed E-state index contributed by atoms with van der Waals surface area (Å²) in [5.41, 5.74) is 0.560. The Bertz CT molecular complexity index is 749. The number of rotatable bonds is 4. The van der Waals surface area contributed by atoms with Gasteiger partial charge in [-0.15, -0.1) is 0 Å². The molecule has 5 heteroatoms. The van der Waals surface area contributed by atoms with E-state index in [1.54, 1.807) is 7.11 Å². The summed E-state index contributed by atoms with van der Waals surface area (Å²) in [5, 5.41) is 3.32. The molecule has 3 fully saturated rings. The number of hydrogen-bond acceptors (Lipinski definition) is 3. The van der Waals surface area contributed by atoms with E-state index in [4.69, 9.17) is 4.74 Å². The van der Waals surface area contributed by atoms with E-state index in [1.165, 1.54) is 25.7 Å².